The first-order valence-electron chi connectivity index (χ1n) is 10.9. The first kappa shape index (κ1) is 20.9. The van der Waals surface area contributed by atoms with Crippen molar-refractivity contribution in [1.29, 1.82) is 0 Å². The molecule has 0 saturated carbocycles. The van der Waals surface area contributed by atoms with Gasteiger partial charge >= 0.3 is 0 Å². The number of carbonyl (C=O) groups excluding carboxylic acids is 1. The number of hydrogen-bond acceptors (Lipinski definition) is 3. The Morgan fingerprint density at radius 1 is 1.17 bits per heavy atom. The predicted octanol–water partition coefficient (Wildman–Crippen LogP) is 4.76. The molecule has 1 fully saturated rings. The highest BCUT2D eigenvalue weighted by Crippen LogP contribution is 2.40. The fraction of sp³-hybridized carbons (Fsp3) is 0.480. The lowest BCUT2D eigenvalue weighted by atomic mass is 9.88. The standard InChI is InChI=1S/C25H31FN2O2/c1-17-4-9-23-21(14-17)22(15-25(2,3)30-23)27-24(29)19-10-12-28(13-11-19)16-18-5-7-20(26)8-6-18/h4-9,14,19,22H,10-13,15-16H2,1-3H3,(H,27,29)/t22-/m0/s1. The summed E-state index contributed by atoms with van der Waals surface area (Å²) >= 11 is 0. The van der Waals surface area contributed by atoms with Gasteiger partial charge in [0, 0.05) is 24.4 Å². The molecular formula is C25H31FN2O2. The zero-order chi connectivity index (χ0) is 21.3. The molecule has 2 aromatic rings. The quantitative estimate of drug-likeness (QED) is 0.790. The van der Waals surface area contributed by atoms with E-state index in [1.165, 1.54) is 17.7 Å². The molecule has 0 unspecified atom stereocenters. The molecular weight excluding hydrogens is 379 g/mol. The molecule has 4 nitrogen and oxygen atoms in total. The predicted molar refractivity (Wildman–Crippen MR) is 116 cm³/mol. The van der Waals surface area contributed by atoms with Crippen molar-refractivity contribution in [3.8, 4) is 5.75 Å². The molecule has 1 amide bonds. The molecule has 0 spiro atoms. The second kappa shape index (κ2) is 8.38. The number of amides is 1. The van der Waals surface area contributed by atoms with Gasteiger partial charge in [0.1, 0.15) is 17.2 Å². The van der Waals surface area contributed by atoms with Crippen LogP contribution in [-0.4, -0.2) is 29.5 Å². The lowest BCUT2D eigenvalue weighted by Gasteiger charge is -2.39. The Hall–Kier alpha value is -2.40. The minimum absolute atomic E-state index is 0.0200. The van der Waals surface area contributed by atoms with Gasteiger partial charge < -0.3 is 10.1 Å². The van der Waals surface area contributed by atoms with Crippen LogP contribution in [0.3, 0.4) is 0 Å². The van der Waals surface area contributed by atoms with E-state index < -0.39 is 0 Å². The maximum absolute atomic E-state index is 13.1. The van der Waals surface area contributed by atoms with Crippen LogP contribution in [0.2, 0.25) is 0 Å². The summed E-state index contributed by atoms with van der Waals surface area (Å²) in [5.74, 6) is 0.846. The molecule has 4 rings (SSSR count). The van der Waals surface area contributed by atoms with Crippen molar-refractivity contribution in [3.05, 3.63) is 65.0 Å². The number of halogens is 1. The smallest absolute Gasteiger partial charge is 0.223 e. The summed E-state index contributed by atoms with van der Waals surface area (Å²) in [6.45, 7) is 8.77. The van der Waals surface area contributed by atoms with Crippen LogP contribution in [0, 0.1) is 18.7 Å². The van der Waals surface area contributed by atoms with E-state index in [2.05, 4.69) is 43.1 Å². The van der Waals surface area contributed by atoms with Crippen molar-refractivity contribution < 1.29 is 13.9 Å². The Morgan fingerprint density at radius 3 is 2.57 bits per heavy atom. The van der Waals surface area contributed by atoms with E-state index in [0.29, 0.717) is 0 Å². The van der Waals surface area contributed by atoms with Gasteiger partial charge in [0.25, 0.3) is 0 Å². The third-order valence-corrected chi connectivity index (χ3v) is 6.22. The molecule has 0 bridgehead atoms. The van der Waals surface area contributed by atoms with E-state index in [0.717, 1.165) is 55.8 Å². The first-order chi connectivity index (χ1) is 14.3. The summed E-state index contributed by atoms with van der Waals surface area (Å²) < 4.78 is 19.2. The minimum atomic E-state index is -0.307. The Bertz CT molecular complexity index is 902. The van der Waals surface area contributed by atoms with Crippen LogP contribution >= 0.6 is 0 Å². The van der Waals surface area contributed by atoms with Gasteiger partial charge in [-0.2, -0.15) is 0 Å². The zero-order valence-corrected chi connectivity index (χ0v) is 18.1. The Morgan fingerprint density at radius 2 is 1.87 bits per heavy atom. The zero-order valence-electron chi connectivity index (χ0n) is 18.1. The summed E-state index contributed by atoms with van der Waals surface area (Å²) in [4.78, 5) is 15.4. The third-order valence-electron chi connectivity index (χ3n) is 6.22. The topological polar surface area (TPSA) is 41.6 Å². The Kier molecular flexibility index (Phi) is 5.83. The van der Waals surface area contributed by atoms with Crippen molar-refractivity contribution in [2.24, 2.45) is 5.92 Å². The normalized spacial score (nSPS) is 21.5. The molecule has 2 heterocycles. The van der Waals surface area contributed by atoms with Gasteiger partial charge in [-0.05, 0) is 70.5 Å². The van der Waals surface area contributed by atoms with Gasteiger partial charge in [-0.1, -0.05) is 29.8 Å². The van der Waals surface area contributed by atoms with Gasteiger partial charge in [-0.25, -0.2) is 4.39 Å². The highest BCUT2D eigenvalue weighted by molar-refractivity contribution is 5.79. The Balaban J connectivity index is 1.36. The van der Waals surface area contributed by atoms with Crippen molar-refractivity contribution in [2.45, 2.75) is 58.2 Å². The van der Waals surface area contributed by atoms with Crippen LogP contribution in [0.15, 0.2) is 42.5 Å². The van der Waals surface area contributed by atoms with Crippen molar-refractivity contribution in [3.63, 3.8) is 0 Å². The average molecular weight is 411 g/mol. The van der Waals surface area contributed by atoms with E-state index >= 15 is 0 Å². The molecule has 2 aromatic carbocycles. The second-order valence-electron chi connectivity index (χ2n) is 9.35. The summed E-state index contributed by atoms with van der Waals surface area (Å²) in [5, 5.41) is 3.32. The van der Waals surface area contributed by atoms with Crippen LogP contribution in [-0.2, 0) is 11.3 Å². The minimum Gasteiger partial charge on any atom is -0.487 e. The molecule has 160 valence electrons. The van der Waals surface area contributed by atoms with E-state index in [1.54, 1.807) is 0 Å². The molecule has 1 atom stereocenters. The van der Waals surface area contributed by atoms with Crippen LogP contribution in [0.5, 0.6) is 5.75 Å². The van der Waals surface area contributed by atoms with E-state index in [-0.39, 0.29) is 29.3 Å². The molecule has 0 aromatic heterocycles. The maximum Gasteiger partial charge on any atom is 0.223 e. The van der Waals surface area contributed by atoms with Gasteiger partial charge in [-0.15, -0.1) is 0 Å². The van der Waals surface area contributed by atoms with E-state index in [4.69, 9.17) is 4.74 Å². The number of hydrogen-bond donors (Lipinski definition) is 1. The monoisotopic (exact) mass is 410 g/mol. The number of rotatable bonds is 4. The highest BCUT2D eigenvalue weighted by Gasteiger charge is 2.36. The number of aryl methyl sites for hydroxylation is 1. The lowest BCUT2D eigenvalue weighted by molar-refractivity contribution is -0.127. The summed E-state index contributed by atoms with van der Waals surface area (Å²) in [5.41, 5.74) is 3.05. The number of ether oxygens (including phenoxy) is 1. The lowest BCUT2D eigenvalue weighted by Crippen LogP contribution is -2.45. The van der Waals surface area contributed by atoms with Crippen LogP contribution in [0.1, 0.15) is 55.8 Å². The van der Waals surface area contributed by atoms with Gasteiger partial charge in [-0.3, -0.25) is 9.69 Å². The number of nitrogens with zero attached hydrogens (tertiary/aromatic N) is 1. The first-order valence-corrected chi connectivity index (χ1v) is 10.9. The molecule has 5 heteroatoms. The molecule has 2 aliphatic heterocycles. The highest BCUT2D eigenvalue weighted by atomic mass is 19.1. The summed E-state index contributed by atoms with van der Waals surface area (Å²) in [7, 11) is 0. The number of likely N-dealkylation sites (tertiary alicyclic amines) is 1. The van der Waals surface area contributed by atoms with Crippen molar-refractivity contribution in [1.82, 2.24) is 10.2 Å². The number of benzene rings is 2. The van der Waals surface area contributed by atoms with Crippen LogP contribution < -0.4 is 10.1 Å². The fourth-order valence-electron chi connectivity index (χ4n) is 4.59. The maximum atomic E-state index is 13.1. The molecule has 2 aliphatic rings. The number of fused-ring (bicyclic) bond motifs is 1. The molecule has 0 aliphatic carbocycles. The molecule has 30 heavy (non-hydrogen) atoms. The van der Waals surface area contributed by atoms with Crippen LogP contribution in [0.4, 0.5) is 4.39 Å². The van der Waals surface area contributed by atoms with Gasteiger partial charge in [0.2, 0.25) is 5.91 Å². The van der Waals surface area contributed by atoms with E-state index in [1.807, 2.05) is 18.2 Å². The number of nitrogens with one attached hydrogen (secondary N) is 1. The van der Waals surface area contributed by atoms with Crippen molar-refractivity contribution >= 4 is 5.91 Å². The van der Waals surface area contributed by atoms with E-state index in [9.17, 15) is 9.18 Å². The summed E-state index contributed by atoms with van der Waals surface area (Å²) in [6.07, 6.45) is 2.46. The third kappa shape index (κ3) is 4.84. The number of piperidine rings is 1. The Labute approximate surface area is 178 Å². The fourth-order valence-corrected chi connectivity index (χ4v) is 4.59. The second-order valence-corrected chi connectivity index (χ2v) is 9.35. The largest absolute Gasteiger partial charge is 0.487 e. The van der Waals surface area contributed by atoms with Crippen molar-refractivity contribution in [2.75, 3.05) is 13.1 Å². The molecule has 0 radical (unpaired) electrons. The number of carbonyl (C=O) groups is 1. The summed E-state index contributed by atoms with van der Waals surface area (Å²) in [6, 6.07) is 12.8. The SMILES string of the molecule is Cc1ccc2c(c1)[C@@H](NC(=O)C1CCN(Cc3ccc(F)cc3)CC1)CC(C)(C)O2. The van der Waals surface area contributed by atoms with Gasteiger partial charge in [0.05, 0.1) is 6.04 Å². The average Bonchev–Trinajstić information content (AvgIpc) is 2.70. The molecule has 1 saturated heterocycles. The van der Waals surface area contributed by atoms with Gasteiger partial charge in [0.15, 0.2) is 0 Å². The van der Waals surface area contributed by atoms with Crippen LogP contribution in [0.25, 0.3) is 0 Å². The molecule has 1 N–H and O–H groups in total.